The average molecular weight is 267 g/mol. The fourth-order valence-electron chi connectivity index (χ4n) is 3.40. The van der Waals surface area contributed by atoms with Gasteiger partial charge in [0.1, 0.15) is 0 Å². The van der Waals surface area contributed by atoms with Crippen molar-refractivity contribution in [3.63, 3.8) is 0 Å². The fraction of sp³-hybridized carbons (Fsp3) is 0.933. The topological polar surface area (TPSA) is 58.4 Å². The van der Waals surface area contributed by atoms with E-state index in [4.69, 9.17) is 5.73 Å². The molecular weight excluding hydrogens is 238 g/mol. The molecule has 0 radical (unpaired) electrons. The minimum absolute atomic E-state index is 0.0394. The second-order valence-electron chi connectivity index (χ2n) is 6.47. The first-order valence-electron chi connectivity index (χ1n) is 7.91. The first-order valence-corrected chi connectivity index (χ1v) is 7.91. The molecule has 2 aliphatic rings. The van der Waals surface area contributed by atoms with Gasteiger partial charge in [0.15, 0.2) is 0 Å². The molecule has 4 heteroatoms. The standard InChI is InChI=1S/C15H29N3O/c1-12(16)10-15(19)17-14-6-8-18(9-7-14)11-13-4-2-3-5-13/h12-14H,2-11,16H2,1H3,(H,17,19). The molecule has 1 aliphatic heterocycles. The van der Waals surface area contributed by atoms with Crippen LogP contribution >= 0.6 is 0 Å². The van der Waals surface area contributed by atoms with E-state index in [1.807, 2.05) is 6.92 Å². The van der Waals surface area contributed by atoms with Crippen molar-refractivity contribution in [2.24, 2.45) is 11.7 Å². The molecule has 19 heavy (non-hydrogen) atoms. The van der Waals surface area contributed by atoms with Gasteiger partial charge < -0.3 is 16.0 Å². The van der Waals surface area contributed by atoms with E-state index in [0.29, 0.717) is 12.5 Å². The van der Waals surface area contributed by atoms with E-state index in [1.54, 1.807) is 0 Å². The molecule has 2 rings (SSSR count). The van der Waals surface area contributed by atoms with Crippen LogP contribution in [0.25, 0.3) is 0 Å². The molecule has 4 nitrogen and oxygen atoms in total. The average Bonchev–Trinajstić information content (AvgIpc) is 2.83. The Morgan fingerprint density at radius 1 is 1.26 bits per heavy atom. The van der Waals surface area contributed by atoms with Crippen molar-refractivity contribution in [3.8, 4) is 0 Å². The Labute approximate surface area is 117 Å². The number of likely N-dealkylation sites (tertiary alicyclic amines) is 1. The Morgan fingerprint density at radius 2 is 1.89 bits per heavy atom. The maximum absolute atomic E-state index is 11.7. The SMILES string of the molecule is CC(N)CC(=O)NC1CCN(CC2CCCC2)CC1. The molecule has 1 unspecified atom stereocenters. The highest BCUT2D eigenvalue weighted by molar-refractivity contribution is 5.76. The highest BCUT2D eigenvalue weighted by atomic mass is 16.1. The van der Waals surface area contributed by atoms with Crippen LogP contribution in [0.1, 0.15) is 51.9 Å². The van der Waals surface area contributed by atoms with Crippen LogP contribution < -0.4 is 11.1 Å². The molecule has 1 aliphatic carbocycles. The van der Waals surface area contributed by atoms with E-state index in [9.17, 15) is 4.79 Å². The van der Waals surface area contributed by atoms with Gasteiger partial charge in [0.05, 0.1) is 0 Å². The highest BCUT2D eigenvalue weighted by Gasteiger charge is 2.24. The Morgan fingerprint density at radius 3 is 2.47 bits per heavy atom. The summed E-state index contributed by atoms with van der Waals surface area (Å²) in [5.74, 6) is 1.05. The smallest absolute Gasteiger partial charge is 0.221 e. The summed E-state index contributed by atoms with van der Waals surface area (Å²) in [6, 6.07) is 0.327. The van der Waals surface area contributed by atoms with Crippen LogP contribution in [0.15, 0.2) is 0 Å². The Kier molecular flexibility index (Phi) is 5.64. The maximum Gasteiger partial charge on any atom is 0.221 e. The first kappa shape index (κ1) is 14.8. The molecule has 0 aromatic heterocycles. The van der Waals surface area contributed by atoms with Crippen LogP contribution in [0.5, 0.6) is 0 Å². The van der Waals surface area contributed by atoms with Gasteiger partial charge in [0.25, 0.3) is 0 Å². The van der Waals surface area contributed by atoms with Crippen LogP contribution in [-0.4, -0.2) is 42.5 Å². The van der Waals surface area contributed by atoms with Crippen molar-refractivity contribution in [1.29, 1.82) is 0 Å². The summed E-state index contributed by atoms with van der Waals surface area (Å²) in [6.07, 6.45) is 8.33. The summed E-state index contributed by atoms with van der Waals surface area (Å²) < 4.78 is 0. The van der Waals surface area contributed by atoms with Crippen LogP contribution in [0.4, 0.5) is 0 Å². The molecule has 1 saturated heterocycles. The highest BCUT2D eigenvalue weighted by Crippen LogP contribution is 2.26. The first-order chi connectivity index (χ1) is 9.13. The lowest BCUT2D eigenvalue weighted by Crippen LogP contribution is -2.46. The third-order valence-corrected chi connectivity index (χ3v) is 4.45. The third kappa shape index (κ3) is 5.11. The number of carbonyl (C=O) groups excluding carboxylic acids is 1. The third-order valence-electron chi connectivity index (χ3n) is 4.45. The van der Waals surface area contributed by atoms with Gasteiger partial charge in [0, 0.05) is 38.1 Å². The van der Waals surface area contributed by atoms with Crippen LogP contribution in [0.2, 0.25) is 0 Å². The lowest BCUT2D eigenvalue weighted by Gasteiger charge is -2.34. The summed E-state index contributed by atoms with van der Waals surface area (Å²) in [5.41, 5.74) is 5.64. The molecule has 1 atom stereocenters. The minimum Gasteiger partial charge on any atom is -0.353 e. The molecule has 0 spiro atoms. The molecule has 2 fully saturated rings. The number of carbonyl (C=O) groups is 1. The quantitative estimate of drug-likeness (QED) is 0.793. The summed E-state index contributed by atoms with van der Waals surface area (Å²) in [7, 11) is 0. The van der Waals surface area contributed by atoms with Gasteiger partial charge in [0.2, 0.25) is 5.91 Å². The van der Waals surface area contributed by atoms with Gasteiger partial charge in [-0.3, -0.25) is 4.79 Å². The van der Waals surface area contributed by atoms with Gasteiger partial charge in [-0.15, -0.1) is 0 Å². The van der Waals surface area contributed by atoms with E-state index in [-0.39, 0.29) is 11.9 Å². The van der Waals surface area contributed by atoms with Gasteiger partial charge >= 0.3 is 0 Å². The zero-order valence-corrected chi connectivity index (χ0v) is 12.2. The summed E-state index contributed by atoms with van der Waals surface area (Å²) in [6.45, 7) is 5.43. The largest absolute Gasteiger partial charge is 0.353 e. The van der Waals surface area contributed by atoms with Crippen molar-refractivity contribution in [2.75, 3.05) is 19.6 Å². The van der Waals surface area contributed by atoms with Crippen LogP contribution in [0, 0.1) is 5.92 Å². The van der Waals surface area contributed by atoms with Crippen molar-refractivity contribution < 1.29 is 4.79 Å². The number of piperidine rings is 1. The normalized spacial score (nSPS) is 24.5. The van der Waals surface area contributed by atoms with Crippen LogP contribution in [-0.2, 0) is 4.79 Å². The molecule has 1 saturated carbocycles. The summed E-state index contributed by atoms with van der Waals surface area (Å²) in [4.78, 5) is 14.3. The van der Waals surface area contributed by atoms with E-state index < -0.39 is 0 Å². The van der Waals surface area contributed by atoms with Gasteiger partial charge in [-0.2, -0.15) is 0 Å². The second-order valence-corrected chi connectivity index (χ2v) is 6.47. The van der Waals surface area contributed by atoms with Crippen LogP contribution in [0.3, 0.4) is 0 Å². The molecule has 0 aromatic carbocycles. The number of nitrogens with two attached hydrogens (primary N) is 1. The molecule has 1 amide bonds. The molecule has 0 aromatic rings. The number of rotatable bonds is 5. The lowest BCUT2D eigenvalue weighted by atomic mass is 10.0. The molecule has 1 heterocycles. The van der Waals surface area contributed by atoms with E-state index >= 15 is 0 Å². The summed E-state index contributed by atoms with van der Waals surface area (Å²) >= 11 is 0. The Bertz CT molecular complexity index is 279. The zero-order chi connectivity index (χ0) is 13.7. The second kappa shape index (κ2) is 7.25. The molecule has 110 valence electrons. The van der Waals surface area contributed by atoms with E-state index in [1.165, 1.54) is 32.2 Å². The predicted molar refractivity (Wildman–Crippen MR) is 77.8 cm³/mol. The number of amides is 1. The Balaban J connectivity index is 1.63. The van der Waals surface area contributed by atoms with Crippen molar-refractivity contribution >= 4 is 5.91 Å². The van der Waals surface area contributed by atoms with Gasteiger partial charge in [-0.1, -0.05) is 12.8 Å². The van der Waals surface area contributed by atoms with Crippen molar-refractivity contribution in [1.82, 2.24) is 10.2 Å². The molecule has 0 bridgehead atoms. The number of hydrogen-bond donors (Lipinski definition) is 2. The van der Waals surface area contributed by atoms with E-state index in [2.05, 4.69) is 10.2 Å². The Hall–Kier alpha value is -0.610. The lowest BCUT2D eigenvalue weighted by molar-refractivity contribution is -0.122. The van der Waals surface area contributed by atoms with Crippen molar-refractivity contribution in [2.45, 2.75) is 64.0 Å². The number of nitrogens with one attached hydrogen (secondary N) is 1. The van der Waals surface area contributed by atoms with Crippen molar-refractivity contribution in [3.05, 3.63) is 0 Å². The van der Waals surface area contributed by atoms with Gasteiger partial charge in [-0.05, 0) is 38.5 Å². The van der Waals surface area contributed by atoms with E-state index in [0.717, 1.165) is 31.8 Å². The minimum atomic E-state index is -0.0394. The summed E-state index contributed by atoms with van der Waals surface area (Å²) in [5, 5.41) is 3.12. The monoisotopic (exact) mass is 267 g/mol. The zero-order valence-electron chi connectivity index (χ0n) is 12.2. The molecule has 3 N–H and O–H groups in total. The number of hydrogen-bond acceptors (Lipinski definition) is 3. The number of nitrogens with zero attached hydrogens (tertiary/aromatic N) is 1. The fourth-order valence-corrected chi connectivity index (χ4v) is 3.40. The molecular formula is C15H29N3O. The van der Waals surface area contributed by atoms with Gasteiger partial charge in [-0.25, -0.2) is 0 Å². The maximum atomic E-state index is 11.7. The predicted octanol–water partition coefficient (Wildman–Crippen LogP) is 1.49.